The molecule has 3 rings (SSSR count). The van der Waals surface area contributed by atoms with Crippen LogP contribution in [0.15, 0.2) is 24.3 Å². The Morgan fingerprint density at radius 2 is 1.56 bits per heavy atom. The Morgan fingerprint density at radius 3 is 2.00 bits per heavy atom. The maximum atomic E-state index is 12.4. The van der Waals surface area contributed by atoms with E-state index in [2.05, 4.69) is 0 Å². The van der Waals surface area contributed by atoms with Crippen molar-refractivity contribution in [2.75, 3.05) is 6.61 Å². The third-order valence-electron chi connectivity index (χ3n) is 4.10. The highest BCUT2D eigenvalue weighted by molar-refractivity contribution is 6.21. The van der Waals surface area contributed by atoms with Crippen molar-refractivity contribution in [3.05, 3.63) is 35.4 Å². The molecule has 1 heterocycles. The van der Waals surface area contributed by atoms with Crippen LogP contribution in [0.1, 0.15) is 46.4 Å². The van der Waals surface area contributed by atoms with Crippen LogP contribution in [0.2, 0.25) is 0 Å². The number of amides is 2. The lowest BCUT2D eigenvalue weighted by Crippen LogP contribution is -2.52. The van der Waals surface area contributed by atoms with Gasteiger partial charge in [-0.3, -0.25) is 14.5 Å². The molecule has 0 saturated heterocycles. The summed E-state index contributed by atoms with van der Waals surface area (Å²) in [6.07, 6.45) is 3.31. The second-order valence-electron chi connectivity index (χ2n) is 5.08. The Kier molecular flexibility index (Phi) is 2.48. The Morgan fingerprint density at radius 1 is 1.06 bits per heavy atom. The number of carbonyl (C=O) groups is 2. The van der Waals surface area contributed by atoms with Crippen LogP contribution in [0.4, 0.5) is 0 Å². The van der Waals surface area contributed by atoms with Crippen LogP contribution in [0.3, 0.4) is 0 Å². The lowest BCUT2D eigenvalue weighted by molar-refractivity contribution is 0.0268. The van der Waals surface area contributed by atoms with E-state index >= 15 is 0 Å². The molecule has 1 aliphatic heterocycles. The van der Waals surface area contributed by atoms with Crippen molar-refractivity contribution in [3.8, 4) is 0 Å². The molecule has 1 saturated carbocycles. The van der Waals surface area contributed by atoms with Gasteiger partial charge in [-0.2, -0.15) is 0 Å². The minimum atomic E-state index is -0.673. The molecule has 1 aliphatic carbocycles. The van der Waals surface area contributed by atoms with Crippen molar-refractivity contribution in [2.24, 2.45) is 0 Å². The molecule has 0 atom stereocenters. The van der Waals surface area contributed by atoms with E-state index in [9.17, 15) is 14.7 Å². The molecular formula is C14H15NO3. The number of hydrogen-bond donors (Lipinski definition) is 1. The van der Waals surface area contributed by atoms with Gasteiger partial charge in [0.25, 0.3) is 11.8 Å². The predicted molar refractivity (Wildman–Crippen MR) is 65.2 cm³/mol. The Hall–Kier alpha value is -1.68. The topological polar surface area (TPSA) is 57.6 Å². The SMILES string of the molecule is O=C1c2ccccc2C(=O)N1C1(CO)CCCC1. The number of imide groups is 1. The second kappa shape index (κ2) is 3.92. The molecule has 4 nitrogen and oxygen atoms in total. The molecule has 0 bridgehead atoms. The minimum Gasteiger partial charge on any atom is -0.394 e. The standard InChI is InChI=1S/C14H15NO3/c16-9-14(7-3-4-8-14)15-12(17)10-5-1-2-6-11(10)13(15)18/h1-2,5-6,16H,3-4,7-9H2. The van der Waals surface area contributed by atoms with Gasteiger partial charge in [0.15, 0.2) is 0 Å². The lowest BCUT2D eigenvalue weighted by Gasteiger charge is -2.35. The van der Waals surface area contributed by atoms with Crippen LogP contribution in [0.25, 0.3) is 0 Å². The zero-order valence-electron chi connectivity index (χ0n) is 10.1. The number of hydrogen-bond acceptors (Lipinski definition) is 3. The largest absolute Gasteiger partial charge is 0.394 e. The van der Waals surface area contributed by atoms with Crippen LogP contribution in [0.5, 0.6) is 0 Å². The van der Waals surface area contributed by atoms with Gasteiger partial charge in [0.2, 0.25) is 0 Å². The van der Waals surface area contributed by atoms with E-state index in [4.69, 9.17) is 0 Å². The Labute approximate surface area is 105 Å². The van der Waals surface area contributed by atoms with Gasteiger partial charge in [-0.15, -0.1) is 0 Å². The zero-order chi connectivity index (χ0) is 12.8. The van der Waals surface area contributed by atoms with E-state index in [1.165, 1.54) is 4.90 Å². The summed E-state index contributed by atoms with van der Waals surface area (Å²) in [6, 6.07) is 6.87. The molecule has 0 unspecified atom stereocenters. The molecule has 1 fully saturated rings. The first kappa shape index (κ1) is 11.4. The van der Waals surface area contributed by atoms with Crippen LogP contribution < -0.4 is 0 Å². The highest BCUT2D eigenvalue weighted by atomic mass is 16.3. The summed E-state index contributed by atoms with van der Waals surface area (Å²) >= 11 is 0. The summed E-state index contributed by atoms with van der Waals surface area (Å²) in [6.45, 7) is -0.140. The number of nitrogens with zero attached hydrogens (tertiary/aromatic N) is 1. The first-order valence-corrected chi connectivity index (χ1v) is 6.28. The molecule has 1 aromatic rings. The van der Waals surface area contributed by atoms with Crippen LogP contribution in [0, 0.1) is 0 Å². The first-order chi connectivity index (χ1) is 8.69. The maximum absolute atomic E-state index is 12.4. The molecule has 2 amide bonds. The predicted octanol–water partition coefficient (Wildman–Crippen LogP) is 1.59. The molecular weight excluding hydrogens is 230 g/mol. The van der Waals surface area contributed by atoms with Gasteiger partial charge in [-0.25, -0.2) is 0 Å². The smallest absolute Gasteiger partial charge is 0.262 e. The van der Waals surface area contributed by atoms with E-state index in [0.29, 0.717) is 24.0 Å². The lowest BCUT2D eigenvalue weighted by atomic mass is 9.96. The van der Waals surface area contributed by atoms with Gasteiger partial charge < -0.3 is 5.11 Å². The molecule has 94 valence electrons. The average Bonchev–Trinajstić information content (AvgIpc) is 2.96. The maximum Gasteiger partial charge on any atom is 0.262 e. The van der Waals surface area contributed by atoms with Gasteiger partial charge in [0.05, 0.1) is 23.3 Å². The van der Waals surface area contributed by atoms with Crippen molar-refractivity contribution >= 4 is 11.8 Å². The Balaban J connectivity index is 2.06. The van der Waals surface area contributed by atoms with Gasteiger partial charge in [-0.1, -0.05) is 25.0 Å². The molecule has 1 aromatic carbocycles. The summed E-state index contributed by atoms with van der Waals surface area (Å²) < 4.78 is 0. The fourth-order valence-corrected chi connectivity index (χ4v) is 3.11. The van der Waals surface area contributed by atoms with E-state index < -0.39 is 5.54 Å². The third kappa shape index (κ3) is 1.35. The highest BCUT2D eigenvalue weighted by Gasteiger charge is 2.49. The Bertz CT molecular complexity index is 483. The normalized spacial score (nSPS) is 21.5. The molecule has 18 heavy (non-hydrogen) atoms. The summed E-state index contributed by atoms with van der Waals surface area (Å²) in [5.74, 6) is -0.516. The van der Waals surface area contributed by atoms with Crippen molar-refractivity contribution in [3.63, 3.8) is 0 Å². The van der Waals surface area contributed by atoms with E-state index in [1.807, 2.05) is 0 Å². The third-order valence-corrected chi connectivity index (χ3v) is 4.10. The summed E-state index contributed by atoms with van der Waals surface area (Å²) in [5, 5.41) is 9.65. The van der Waals surface area contributed by atoms with Crippen molar-refractivity contribution < 1.29 is 14.7 Å². The fourth-order valence-electron chi connectivity index (χ4n) is 3.11. The van der Waals surface area contributed by atoms with Gasteiger partial charge in [0.1, 0.15) is 0 Å². The van der Waals surface area contributed by atoms with Crippen LogP contribution in [-0.2, 0) is 0 Å². The van der Waals surface area contributed by atoms with Gasteiger partial charge in [0, 0.05) is 0 Å². The first-order valence-electron chi connectivity index (χ1n) is 6.28. The van der Waals surface area contributed by atoms with Gasteiger partial charge in [-0.05, 0) is 25.0 Å². The molecule has 0 radical (unpaired) electrons. The molecule has 0 aromatic heterocycles. The van der Waals surface area contributed by atoms with Crippen molar-refractivity contribution in [1.29, 1.82) is 0 Å². The minimum absolute atomic E-state index is 0.140. The van der Waals surface area contributed by atoms with Gasteiger partial charge >= 0.3 is 0 Å². The molecule has 1 N–H and O–H groups in total. The number of aliphatic hydroxyl groups is 1. The summed E-state index contributed by atoms with van der Waals surface area (Å²) in [4.78, 5) is 26.0. The van der Waals surface area contributed by atoms with E-state index in [0.717, 1.165) is 12.8 Å². The molecule has 0 spiro atoms. The van der Waals surface area contributed by atoms with Crippen molar-refractivity contribution in [1.82, 2.24) is 4.90 Å². The number of fused-ring (bicyclic) bond motifs is 1. The monoisotopic (exact) mass is 245 g/mol. The number of benzene rings is 1. The van der Waals surface area contributed by atoms with Crippen LogP contribution in [-0.4, -0.2) is 34.0 Å². The number of aliphatic hydroxyl groups excluding tert-OH is 1. The highest BCUT2D eigenvalue weighted by Crippen LogP contribution is 2.39. The summed E-state index contributed by atoms with van der Waals surface area (Å²) in [5.41, 5.74) is 0.247. The number of carbonyl (C=O) groups excluding carboxylic acids is 2. The summed E-state index contributed by atoms with van der Waals surface area (Å²) in [7, 11) is 0. The zero-order valence-corrected chi connectivity index (χ0v) is 10.1. The molecule has 4 heteroatoms. The fraction of sp³-hybridized carbons (Fsp3) is 0.429. The molecule has 2 aliphatic rings. The van der Waals surface area contributed by atoms with Crippen molar-refractivity contribution in [2.45, 2.75) is 31.2 Å². The average molecular weight is 245 g/mol. The van der Waals surface area contributed by atoms with E-state index in [-0.39, 0.29) is 18.4 Å². The van der Waals surface area contributed by atoms with Crippen LogP contribution >= 0.6 is 0 Å². The van der Waals surface area contributed by atoms with E-state index in [1.54, 1.807) is 24.3 Å². The quantitative estimate of drug-likeness (QED) is 0.805. The number of rotatable bonds is 2. The second-order valence-corrected chi connectivity index (χ2v) is 5.08.